The quantitative estimate of drug-likeness (QED) is 0.811. The number of ether oxygens (including phenoxy) is 1. The second-order valence-electron chi connectivity index (χ2n) is 5.61. The van der Waals surface area contributed by atoms with Gasteiger partial charge in [-0.05, 0) is 51.0 Å². The van der Waals surface area contributed by atoms with Crippen LogP contribution in [0.5, 0.6) is 0 Å². The van der Waals surface area contributed by atoms with E-state index in [0.29, 0.717) is 6.54 Å². The van der Waals surface area contributed by atoms with Gasteiger partial charge in [-0.15, -0.1) is 0 Å². The topological polar surface area (TPSA) is 64.3 Å². The van der Waals surface area contributed by atoms with Gasteiger partial charge in [0, 0.05) is 12.6 Å². The van der Waals surface area contributed by atoms with Crippen molar-refractivity contribution in [3.63, 3.8) is 0 Å². The molecule has 2 unspecified atom stereocenters. The van der Waals surface area contributed by atoms with Gasteiger partial charge in [0.25, 0.3) is 0 Å². The van der Waals surface area contributed by atoms with E-state index in [1.165, 1.54) is 17.9 Å². The fourth-order valence-corrected chi connectivity index (χ4v) is 3.11. The number of nitrogens with one attached hydrogen (secondary N) is 1. The predicted molar refractivity (Wildman–Crippen MR) is 72.3 cm³/mol. The Morgan fingerprint density at radius 1 is 1.59 bits per heavy atom. The maximum atomic E-state index is 11.4. The molecule has 5 heteroatoms. The summed E-state index contributed by atoms with van der Waals surface area (Å²) < 4.78 is 5.15. The van der Waals surface area contributed by atoms with E-state index in [4.69, 9.17) is 10.5 Å². The third kappa shape index (κ3) is 6.78. The second kappa shape index (κ2) is 6.50. The molecule has 100 valence electrons. The molecular weight excluding hydrogens is 236 g/mol. The van der Waals surface area contributed by atoms with Gasteiger partial charge in [0.15, 0.2) is 0 Å². The minimum atomic E-state index is -0.448. The number of hydrogen-bond acceptors (Lipinski definition) is 4. The summed E-state index contributed by atoms with van der Waals surface area (Å²) in [7, 11) is 0. The molecule has 0 saturated carbocycles. The van der Waals surface area contributed by atoms with Crippen molar-refractivity contribution in [1.82, 2.24) is 5.32 Å². The van der Waals surface area contributed by atoms with Crippen LogP contribution in [0.3, 0.4) is 0 Å². The molecule has 4 nitrogen and oxygen atoms in total. The summed E-state index contributed by atoms with van der Waals surface area (Å²) in [4.78, 5) is 11.4. The van der Waals surface area contributed by atoms with Crippen LogP contribution in [0, 0.1) is 5.92 Å². The zero-order chi connectivity index (χ0) is 12.9. The van der Waals surface area contributed by atoms with Gasteiger partial charge in [0.2, 0.25) is 0 Å². The largest absolute Gasteiger partial charge is 0.444 e. The highest BCUT2D eigenvalue weighted by Gasteiger charge is 2.20. The Hall–Kier alpha value is -0.420. The van der Waals surface area contributed by atoms with Crippen LogP contribution in [-0.4, -0.2) is 35.8 Å². The maximum Gasteiger partial charge on any atom is 0.407 e. The van der Waals surface area contributed by atoms with Gasteiger partial charge in [0.1, 0.15) is 5.60 Å². The summed E-state index contributed by atoms with van der Waals surface area (Å²) in [5.41, 5.74) is 5.54. The first-order chi connectivity index (χ1) is 7.87. The summed E-state index contributed by atoms with van der Waals surface area (Å²) in [5, 5.41) is 2.72. The Morgan fingerprint density at radius 2 is 2.29 bits per heavy atom. The fraction of sp³-hybridized carbons (Fsp3) is 0.917. The highest BCUT2D eigenvalue weighted by molar-refractivity contribution is 7.99. The van der Waals surface area contributed by atoms with Crippen LogP contribution in [0.1, 0.15) is 33.6 Å². The summed E-state index contributed by atoms with van der Waals surface area (Å²) in [6, 6.07) is 0.0335. The third-order valence-electron chi connectivity index (χ3n) is 2.57. The number of carbonyl (C=O) groups is 1. The molecule has 0 bridgehead atoms. The molecule has 0 aromatic rings. The van der Waals surface area contributed by atoms with Gasteiger partial charge >= 0.3 is 6.09 Å². The van der Waals surface area contributed by atoms with E-state index in [2.05, 4.69) is 5.32 Å². The molecule has 0 radical (unpaired) electrons. The molecule has 1 rings (SSSR count). The smallest absolute Gasteiger partial charge is 0.407 e. The van der Waals surface area contributed by atoms with Crippen molar-refractivity contribution in [2.75, 3.05) is 18.1 Å². The van der Waals surface area contributed by atoms with E-state index in [1.54, 1.807) is 0 Å². The first-order valence-corrected chi connectivity index (χ1v) is 7.32. The SMILES string of the molecule is CC(C)(C)OC(=O)NCC(N)CC1CCSC1. The lowest BCUT2D eigenvalue weighted by Gasteiger charge is -2.21. The third-order valence-corrected chi connectivity index (χ3v) is 3.80. The summed E-state index contributed by atoms with van der Waals surface area (Å²) in [5.74, 6) is 3.17. The Balaban J connectivity index is 2.14. The van der Waals surface area contributed by atoms with Gasteiger partial charge in [-0.25, -0.2) is 4.79 Å². The van der Waals surface area contributed by atoms with Crippen LogP contribution in [0.15, 0.2) is 0 Å². The molecule has 3 N–H and O–H groups in total. The molecular formula is C12H24N2O2S. The Labute approximate surface area is 108 Å². The van der Waals surface area contributed by atoms with Gasteiger partial charge in [-0.3, -0.25) is 0 Å². The van der Waals surface area contributed by atoms with Crippen LogP contribution in [0.4, 0.5) is 4.79 Å². The number of rotatable bonds is 4. The van der Waals surface area contributed by atoms with E-state index in [0.717, 1.165) is 12.3 Å². The molecule has 0 aromatic carbocycles. The van der Waals surface area contributed by atoms with Crippen molar-refractivity contribution in [3.8, 4) is 0 Å². The van der Waals surface area contributed by atoms with E-state index in [1.807, 2.05) is 32.5 Å². The maximum absolute atomic E-state index is 11.4. The predicted octanol–water partition coefficient (Wildman–Crippen LogP) is 1.98. The number of alkyl carbamates (subject to hydrolysis) is 1. The van der Waals surface area contributed by atoms with Crippen LogP contribution in [-0.2, 0) is 4.74 Å². The van der Waals surface area contributed by atoms with Gasteiger partial charge in [0.05, 0.1) is 0 Å². The highest BCUT2D eigenvalue weighted by atomic mass is 32.2. The van der Waals surface area contributed by atoms with Gasteiger partial charge in [-0.2, -0.15) is 11.8 Å². The molecule has 1 saturated heterocycles. The van der Waals surface area contributed by atoms with Crippen molar-refractivity contribution in [1.29, 1.82) is 0 Å². The zero-order valence-electron chi connectivity index (χ0n) is 11.0. The fourth-order valence-electron chi connectivity index (χ4n) is 1.81. The Bertz CT molecular complexity index is 247. The molecule has 17 heavy (non-hydrogen) atoms. The minimum Gasteiger partial charge on any atom is -0.444 e. The van der Waals surface area contributed by atoms with Crippen LogP contribution < -0.4 is 11.1 Å². The standard InChI is InChI=1S/C12H24N2O2S/c1-12(2,3)16-11(15)14-7-10(13)6-9-4-5-17-8-9/h9-10H,4-8,13H2,1-3H3,(H,14,15). The molecule has 1 fully saturated rings. The normalized spacial score (nSPS) is 22.2. The molecule has 0 spiro atoms. The summed E-state index contributed by atoms with van der Waals surface area (Å²) in [6.07, 6.45) is 1.86. The summed E-state index contributed by atoms with van der Waals surface area (Å²) >= 11 is 1.99. The number of thioether (sulfide) groups is 1. The second-order valence-corrected chi connectivity index (χ2v) is 6.76. The Morgan fingerprint density at radius 3 is 2.82 bits per heavy atom. The van der Waals surface area contributed by atoms with Crippen molar-refractivity contribution >= 4 is 17.9 Å². The Kier molecular flexibility index (Phi) is 5.59. The lowest BCUT2D eigenvalue weighted by atomic mass is 10.00. The molecule has 1 amide bonds. The monoisotopic (exact) mass is 260 g/mol. The van der Waals surface area contributed by atoms with Gasteiger partial charge in [-0.1, -0.05) is 0 Å². The van der Waals surface area contributed by atoms with Crippen molar-refractivity contribution in [3.05, 3.63) is 0 Å². The lowest BCUT2D eigenvalue weighted by molar-refractivity contribution is 0.0523. The minimum absolute atomic E-state index is 0.0335. The van der Waals surface area contributed by atoms with E-state index in [9.17, 15) is 4.79 Å². The first-order valence-electron chi connectivity index (χ1n) is 6.17. The van der Waals surface area contributed by atoms with Crippen LogP contribution in [0.25, 0.3) is 0 Å². The average molecular weight is 260 g/mol. The number of amides is 1. The van der Waals surface area contributed by atoms with E-state index < -0.39 is 5.60 Å². The molecule has 1 heterocycles. The molecule has 1 aliphatic rings. The molecule has 0 aromatic heterocycles. The first kappa shape index (κ1) is 14.6. The van der Waals surface area contributed by atoms with Crippen molar-refractivity contribution in [2.24, 2.45) is 11.7 Å². The molecule has 0 aliphatic carbocycles. The van der Waals surface area contributed by atoms with Gasteiger partial charge < -0.3 is 15.8 Å². The highest BCUT2D eigenvalue weighted by Crippen LogP contribution is 2.26. The molecule has 2 atom stereocenters. The van der Waals surface area contributed by atoms with Crippen molar-refractivity contribution in [2.45, 2.75) is 45.3 Å². The average Bonchev–Trinajstić information content (AvgIpc) is 2.64. The van der Waals surface area contributed by atoms with E-state index in [-0.39, 0.29) is 12.1 Å². The van der Waals surface area contributed by atoms with Crippen molar-refractivity contribution < 1.29 is 9.53 Å². The number of hydrogen-bond donors (Lipinski definition) is 2. The van der Waals surface area contributed by atoms with Crippen LogP contribution in [0.2, 0.25) is 0 Å². The number of carbonyl (C=O) groups excluding carboxylic acids is 1. The zero-order valence-corrected chi connectivity index (χ0v) is 11.8. The lowest BCUT2D eigenvalue weighted by Crippen LogP contribution is -2.40. The molecule has 1 aliphatic heterocycles. The van der Waals surface area contributed by atoms with Crippen LogP contribution >= 0.6 is 11.8 Å². The van der Waals surface area contributed by atoms with E-state index >= 15 is 0 Å². The summed E-state index contributed by atoms with van der Waals surface area (Å²) in [6.45, 7) is 6.04. The number of nitrogens with two attached hydrogens (primary N) is 1.